The van der Waals surface area contributed by atoms with Crippen molar-refractivity contribution in [1.29, 1.82) is 0 Å². The van der Waals surface area contributed by atoms with E-state index in [0.717, 1.165) is 26.1 Å². The van der Waals surface area contributed by atoms with Crippen molar-refractivity contribution in [3.05, 3.63) is 57.5 Å². The summed E-state index contributed by atoms with van der Waals surface area (Å²) in [6, 6.07) is 10.2. The first-order valence-corrected chi connectivity index (χ1v) is 15.4. The van der Waals surface area contributed by atoms with Crippen molar-refractivity contribution in [2.24, 2.45) is 11.8 Å². The summed E-state index contributed by atoms with van der Waals surface area (Å²) in [7, 11) is -3.87. The Labute approximate surface area is 227 Å². The molecule has 2 aliphatic heterocycles. The van der Waals surface area contributed by atoms with Crippen LogP contribution in [0.3, 0.4) is 0 Å². The number of aryl methyl sites for hydroxylation is 1. The number of carbonyl (C=O) groups is 1. The summed E-state index contributed by atoms with van der Waals surface area (Å²) in [6.07, 6.45) is 2.35. The summed E-state index contributed by atoms with van der Waals surface area (Å²) in [5.41, 5.74) is 0.760. The van der Waals surface area contributed by atoms with E-state index in [1.54, 1.807) is 11.8 Å². The lowest BCUT2D eigenvalue weighted by molar-refractivity contribution is -0.133. The smallest absolute Gasteiger partial charge is 0.263 e. The van der Waals surface area contributed by atoms with Gasteiger partial charge in [0.05, 0.1) is 11.7 Å². The molecule has 2 saturated heterocycles. The van der Waals surface area contributed by atoms with Crippen molar-refractivity contribution in [3.63, 3.8) is 0 Å². The lowest BCUT2D eigenvalue weighted by atomic mass is 9.94. The molecule has 38 heavy (non-hydrogen) atoms. The molecule has 11 heteroatoms. The zero-order valence-electron chi connectivity index (χ0n) is 22.2. The predicted molar refractivity (Wildman–Crippen MR) is 149 cm³/mol. The summed E-state index contributed by atoms with van der Waals surface area (Å²) in [4.78, 5) is 36.1. The summed E-state index contributed by atoms with van der Waals surface area (Å²) in [5, 5.41) is 0.0985. The van der Waals surface area contributed by atoms with Gasteiger partial charge in [0.25, 0.3) is 5.56 Å². The second kappa shape index (κ2) is 10.9. The third-order valence-corrected chi connectivity index (χ3v) is 10.7. The van der Waals surface area contributed by atoms with Crippen LogP contribution in [0.4, 0.5) is 0 Å². The number of piperidine rings is 1. The number of amides is 1. The highest BCUT2D eigenvalue weighted by molar-refractivity contribution is 7.89. The molecule has 9 nitrogen and oxygen atoms in total. The first kappa shape index (κ1) is 27.0. The fraction of sp³-hybridized carbons (Fsp3) is 0.519. The highest BCUT2D eigenvalue weighted by Crippen LogP contribution is 2.35. The van der Waals surface area contributed by atoms with Gasteiger partial charge in [0.15, 0.2) is 0 Å². The monoisotopic (exact) mass is 557 g/mol. The van der Waals surface area contributed by atoms with Crippen LogP contribution in [0.2, 0.25) is 0 Å². The van der Waals surface area contributed by atoms with E-state index in [2.05, 4.69) is 35.9 Å². The molecule has 2 aromatic heterocycles. The van der Waals surface area contributed by atoms with E-state index in [-0.39, 0.29) is 34.6 Å². The van der Waals surface area contributed by atoms with Gasteiger partial charge >= 0.3 is 0 Å². The fourth-order valence-corrected chi connectivity index (χ4v) is 9.06. The standard InChI is InChI=1S/C27H35N5O4S2/c1-19-13-20(2)15-32(14-19)38(35,36)25-21(3)37-26-24(25)27(34)31(18-28-26)17-23(33)30-11-9-29(10-12-30)16-22-7-5-4-6-8-22/h4-8,18-20H,9-17H2,1-3H3/t19-,20-/m0/s1. The molecule has 0 aliphatic carbocycles. The molecule has 0 bridgehead atoms. The lowest BCUT2D eigenvalue weighted by Crippen LogP contribution is -2.49. The highest BCUT2D eigenvalue weighted by atomic mass is 32.2. The van der Waals surface area contributed by atoms with Crippen LogP contribution >= 0.6 is 11.3 Å². The Bertz CT molecular complexity index is 1470. The molecular formula is C27H35N5O4S2. The van der Waals surface area contributed by atoms with Crippen LogP contribution in [-0.2, 0) is 27.9 Å². The molecule has 1 amide bonds. The van der Waals surface area contributed by atoms with Crippen LogP contribution in [0.5, 0.6) is 0 Å². The predicted octanol–water partition coefficient (Wildman–Crippen LogP) is 2.78. The van der Waals surface area contributed by atoms with Crippen molar-refractivity contribution < 1.29 is 13.2 Å². The Morgan fingerprint density at radius 2 is 1.71 bits per heavy atom. The van der Waals surface area contributed by atoms with Crippen LogP contribution in [0.25, 0.3) is 10.2 Å². The Balaban J connectivity index is 1.34. The number of rotatable bonds is 6. The summed E-state index contributed by atoms with van der Waals surface area (Å²) in [6.45, 7) is 10.1. The van der Waals surface area contributed by atoms with E-state index in [4.69, 9.17) is 0 Å². The van der Waals surface area contributed by atoms with Crippen LogP contribution in [0.15, 0.2) is 46.3 Å². The Morgan fingerprint density at radius 3 is 2.37 bits per heavy atom. The number of aromatic nitrogens is 2. The second-order valence-corrected chi connectivity index (χ2v) is 13.8. The van der Waals surface area contributed by atoms with Gasteiger partial charge in [-0.25, -0.2) is 13.4 Å². The highest BCUT2D eigenvalue weighted by Gasteiger charge is 2.36. The normalized spacial score (nSPS) is 21.7. The van der Waals surface area contributed by atoms with Crippen LogP contribution in [-0.4, -0.2) is 77.2 Å². The molecule has 204 valence electrons. The van der Waals surface area contributed by atoms with Crippen molar-refractivity contribution in [2.75, 3.05) is 39.3 Å². The molecule has 1 aromatic carbocycles. The number of piperazine rings is 1. The number of fused-ring (bicyclic) bond motifs is 1. The second-order valence-electron chi connectivity index (χ2n) is 10.8. The minimum Gasteiger partial charge on any atom is -0.339 e. The molecule has 2 atom stereocenters. The maximum Gasteiger partial charge on any atom is 0.263 e. The van der Waals surface area contributed by atoms with Gasteiger partial charge < -0.3 is 4.90 Å². The van der Waals surface area contributed by atoms with Gasteiger partial charge in [-0.1, -0.05) is 44.2 Å². The van der Waals surface area contributed by atoms with E-state index in [0.29, 0.717) is 35.9 Å². The average molecular weight is 558 g/mol. The number of sulfonamides is 1. The van der Waals surface area contributed by atoms with E-state index in [1.807, 2.05) is 18.2 Å². The minimum atomic E-state index is -3.87. The number of benzene rings is 1. The molecule has 0 saturated carbocycles. The summed E-state index contributed by atoms with van der Waals surface area (Å²) in [5.74, 6) is 0.334. The Hall–Kier alpha value is -2.60. The van der Waals surface area contributed by atoms with Gasteiger partial charge in [-0.15, -0.1) is 11.3 Å². The van der Waals surface area contributed by atoms with Crippen molar-refractivity contribution in [2.45, 2.75) is 45.2 Å². The average Bonchev–Trinajstić information content (AvgIpc) is 3.23. The van der Waals surface area contributed by atoms with Gasteiger partial charge in [-0.3, -0.25) is 19.1 Å². The van der Waals surface area contributed by atoms with E-state index in [9.17, 15) is 18.0 Å². The Kier molecular flexibility index (Phi) is 7.72. The zero-order valence-corrected chi connectivity index (χ0v) is 23.8. The first-order chi connectivity index (χ1) is 18.1. The van der Waals surface area contributed by atoms with E-state index < -0.39 is 15.6 Å². The molecule has 0 N–H and O–H groups in total. The van der Waals surface area contributed by atoms with E-state index in [1.165, 1.54) is 32.1 Å². The molecular weight excluding hydrogens is 522 g/mol. The number of hydrogen-bond donors (Lipinski definition) is 0. The number of nitrogens with zero attached hydrogens (tertiary/aromatic N) is 5. The third-order valence-electron chi connectivity index (χ3n) is 7.51. The first-order valence-electron chi connectivity index (χ1n) is 13.2. The van der Waals surface area contributed by atoms with Crippen molar-refractivity contribution >= 4 is 37.5 Å². The molecule has 0 unspecified atom stereocenters. The largest absolute Gasteiger partial charge is 0.339 e. The van der Waals surface area contributed by atoms with E-state index >= 15 is 0 Å². The summed E-state index contributed by atoms with van der Waals surface area (Å²) < 4.78 is 30.3. The molecule has 3 aromatic rings. The molecule has 5 rings (SSSR count). The van der Waals surface area contributed by atoms with Gasteiger partial charge in [-0.05, 0) is 30.7 Å². The molecule has 2 aliphatic rings. The Morgan fingerprint density at radius 1 is 1.05 bits per heavy atom. The molecule has 0 radical (unpaired) electrons. The summed E-state index contributed by atoms with van der Waals surface area (Å²) >= 11 is 1.21. The van der Waals surface area contributed by atoms with Crippen molar-refractivity contribution in [1.82, 2.24) is 23.7 Å². The molecule has 0 spiro atoms. The quantitative estimate of drug-likeness (QED) is 0.463. The van der Waals surface area contributed by atoms with Crippen LogP contribution in [0.1, 0.15) is 30.7 Å². The zero-order chi connectivity index (χ0) is 27.0. The maximum atomic E-state index is 13.7. The lowest BCUT2D eigenvalue weighted by Gasteiger charge is -2.35. The van der Waals surface area contributed by atoms with Crippen LogP contribution < -0.4 is 5.56 Å². The van der Waals surface area contributed by atoms with Crippen LogP contribution in [0, 0.1) is 18.8 Å². The maximum absolute atomic E-state index is 13.7. The van der Waals surface area contributed by atoms with Gasteiger partial charge in [-0.2, -0.15) is 4.31 Å². The SMILES string of the molecule is Cc1sc2ncn(CC(=O)N3CCN(Cc4ccccc4)CC3)c(=O)c2c1S(=O)(=O)N1C[C@@H](C)C[C@H](C)C1. The topological polar surface area (TPSA) is 95.8 Å². The van der Waals surface area contributed by atoms with Crippen molar-refractivity contribution in [3.8, 4) is 0 Å². The van der Waals surface area contributed by atoms with Gasteiger partial charge in [0, 0.05) is 50.7 Å². The third kappa shape index (κ3) is 5.42. The molecule has 2 fully saturated rings. The molecule has 4 heterocycles. The number of hydrogen-bond acceptors (Lipinski definition) is 7. The fourth-order valence-electron chi connectivity index (χ4n) is 5.71. The van der Waals surface area contributed by atoms with Gasteiger partial charge in [0.2, 0.25) is 15.9 Å². The van der Waals surface area contributed by atoms with Gasteiger partial charge in [0.1, 0.15) is 16.3 Å². The number of thiophene rings is 1. The minimum absolute atomic E-state index is 0.0487. The number of carbonyl (C=O) groups excluding carboxylic acids is 1.